The number of alkyl halides is 2. The molecule has 0 amide bonds. The van der Waals surface area contributed by atoms with Gasteiger partial charge in [0.15, 0.2) is 0 Å². The number of carbonyl (C=O) groups excluding carboxylic acids is 1. The van der Waals surface area contributed by atoms with Gasteiger partial charge in [0.1, 0.15) is 18.1 Å². The van der Waals surface area contributed by atoms with E-state index in [0.29, 0.717) is 32.8 Å². The second kappa shape index (κ2) is 9.33. The van der Waals surface area contributed by atoms with Gasteiger partial charge in [0.05, 0.1) is 5.56 Å². The van der Waals surface area contributed by atoms with Gasteiger partial charge in [0.25, 0.3) is 6.43 Å². The van der Waals surface area contributed by atoms with Crippen molar-refractivity contribution in [3.63, 3.8) is 0 Å². The standard InChI is InChI=1S/C19H18BrClF2O3/c1-3-11-8-12(19(22)23)17(9-15(11)21)25-10-13-14(20)6-5-7-16(13)26-18(24)4-2/h5-9,19H,3-4,10H2,1-2H3. The van der Waals surface area contributed by atoms with Crippen molar-refractivity contribution in [1.29, 1.82) is 0 Å². The van der Waals surface area contributed by atoms with Crippen molar-refractivity contribution < 1.29 is 23.0 Å². The molecule has 140 valence electrons. The van der Waals surface area contributed by atoms with Crippen LogP contribution in [0.25, 0.3) is 0 Å². The minimum absolute atomic E-state index is 0.00530. The Bertz CT molecular complexity index is 797. The molecule has 2 rings (SSSR count). The summed E-state index contributed by atoms with van der Waals surface area (Å²) in [6.07, 6.45) is -1.93. The Morgan fingerprint density at radius 2 is 1.96 bits per heavy atom. The summed E-state index contributed by atoms with van der Waals surface area (Å²) in [6, 6.07) is 7.85. The monoisotopic (exact) mass is 446 g/mol. The predicted molar refractivity (Wildman–Crippen MR) is 100 cm³/mol. The van der Waals surface area contributed by atoms with Crippen LogP contribution in [0.1, 0.15) is 43.4 Å². The number of ether oxygens (including phenoxy) is 2. The van der Waals surface area contributed by atoms with Crippen LogP contribution >= 0.6 is 27.5 Å². The van der Waals surface area contributed by atoms with Crippen molar-refractivity contribution in [2.45, 2.75) is 39.7 Å². The van der Waals surface area contributed by atoms with E-state index in [1.54, 1.807) is 25.1 Å². The number of benzene rings is 2. The van der Waals surface area contributed by atoms with Gasteiger partial charge in [-0.2, -0.15) is 0 Å². The van der Waals surface area contributed by atoms with Gasteiger partial charge < -0.3 is 9.47 Å². The highest BCUT2D eigenvalue weighted by Crippen LogP contribution is 2.36. The molecule has 0 saturated carbocycles. The highest BCUT2D eigenvalue weighted by Gasteiger charge is 2.19. The summed E-state index contributed by atoms with van der Waals surface area (Å²) in [5.74, 6) is -0.0696. The van der Waals surface area contributed by atoms with Crippen LogP contribution in [0.3, 0.4) is 0 Å². The van der Waals surface area contributed by atoms with E-state index >= 15 is 0 Å². The highest BCUT2D eigenvalue weighted by molar-refractivity contribution is 9.10. The normalized spacial score (nSPS) is 10.9. The first-order chi connectivity index (χ1) is 12.4. The maximum atomic E-state index is 13.4. The summed E-state index contributed by atoms with van der Waals surface area (Å²) < 4.78 is 38.3. The molecule has 0 unspecified atom stereocenters. The summed E-state index contributed by atoms with van der Waals surface area (Å²) in [5.41, 5.74) is 0.961. The van der Waals surface area contributed by atoms with Gasteiger partial charge >= 0.3 is 5.97 Å². The first-order valence-corrected chi connectivity index (χ1v) is 9.25. The Morgan fingerprint density at radius 3 is 2.58 bits per heavy atom. The summed E-state index contributed by atoms with van der Waals surface area (Å²) >= 11 is 9.51. The fourth-order valence-corrected chi connectivity index (χ4v) is 3.05. The molecule has 26 heavy (non-hydrogen) atoms. The second-order valence-electron chi connectivity index (χ2n) is 5.47. The minimum atomic E-state index is -2.69. The van der Waals surface area contributed by atoms with Gasteiger partial charge in [-0.05, 0) is 36.2 Å². The first-order valence-electron chi connectivity index (χ1n) is 8.08. The van der Waals surface area contributed by atoms with E-state index in [0.717, 1.165) is 0 Å². The summed E-state index contributed by atoms with van der Waals surface area (Å²) in [4.78, 5) is 11.6. The van der Waals surface area contributed by atoms with Gasteiger partial charge in [-0.3, -0.25) is 4.79 Å². The molecule has 0 aliphatic heterocycles. The maximum absolute atomic E-state index is 13.4. The van der Waals surface area contributed by atoms with Crippen LogP contribution in [0.2, 0.25) is 5.02 Å². The van der Waals surface area contributed by atoms with Crippen molar-refractivity contribution in [2.75, 3.05) is 0 Å². The third-order valence-electron chi connectivity index (χ3n) is 3.76. The van der Waals surface area contributed by atoms with Crippen LogP contribution in [-0.2, 0) is 17.8 Å². The minimum Gasteiger partial charge on any atom is -0.488 e. The molecule has 0 atom stereocenters. The number of hydrogen-bond donors (Lipinski definition) is 0. The summed E-state index contributed by atoms with van der Waals surface area (Å²) in [6.45, 7) is 3.46. The average molecular weight is 448 g/mol. The van der Waals surface area contributed by atoms with Crippen molar-refractivity contribution in [1.82, 2.24) is 0 Å². The Morgan fingerprint density at radius 1 is 1.23 bits per heavy atom. The van der Waals surface area contributed by atoms with Gasteiger partial charge in [0, 0.05) is 21.5 Å². The topological polar surface area (TPSA) is 35.5 Å². The Hall–Kier alpha value is -1.66. The van der Waals surface area contributed by atoms with Crippen molar-refractivity contribution in [2.24, 2.45) is 0 Å². The average Bonchev–Trinajstić information content (AvgIpc) is 2.60. The molecule has 0 aliphatic carbocycles. The van der Waals surface area contributed by atoms with E-state index in [1.807, 2.05) is 6.92 Å². The first kappa shape index (κ1) is 20.6. The van der Waals surface area contributed by atoms with E-state index in [2.05, 4.69) is 15.9 Å². The molecule has 2 aromatic rings. The highest BCUT2D eigenvalue weighted by atomic mass is 79.9. The Labute approximate surface area is 164 Å². The number of aryl methyl sites for hydroxylation is 1. The zero-order chi connectivity index (χ0) is 19.3. The maximum Gasteiger partial charge on any atom is 0.310 e. The fraction of sp³-hybridized carbons (Fsp3) is 0.316. The van der Waals surface area contributed by atoms with Crippen LogP contribution in [0.15, 0.2) is 34.8 Å². The predicted octanol–water partition coefficient (Wildman–Crippen LogP) is 6.50. The van der Waals surface area contributed by atoms with E-state index in [9.17, 15) is 13.6 Å². The fourth-order valence-electron chi connectivity index (χ4n) is 2.30. The third-order valence-corrected chi connectivity index (χ3v) is 4.85. The third kappa shape index (κ3) is 4.95. The molecule has 0 aromatic heterocycles. The number of rotatable bonds is 7. The molecule has 0 radical (unpaired) electrons. The quantitative estimate of drug-likeness (QED) is 0.359. The molecule has 0 heterocycles. The molecule has 0 saturated heterocycles. The molecule has 0 aliphatic rings. The lowest BCUT2D eigenvalue weighted by Crippen LogP contribution is -2.09. The van der Waals surface area contributed by atoms with Crippen LogP contribution in [0.5, 0.6) is 11.5 Å². The van der Waals surface area contributed by atoms with Crippen molar-refractivity contribution >= 4 is 33.5 Å². The molecule has 7 heteroatoms. The summed E-state index contributed by atoms with van der Waals surface area (Å²) in [5, 5.41) is 0.372. The largest absolute Gasteiger partial charge is 0.488 e. The molecule has 2 aromatic carbocycles. The number of halogens is 4. The number of carbonyl (C=O) groups is 1. The Balaban J connectivity index is 2.32. The van der Waals surface area contributed by atoms with Gasteiger partial charge in [-0.15, -0.1) is 0 Å². The van der Waals surface area contributed by atoms with E-state index in [4.69, 9.17) is 21.1 Å². The number of hydrogen-bond acceptors (Lipinski definition) is 3. The Kier molecular flexibility index (Phi) is 7.41. The van der Waals surface area contributed by atoms with E-state index in [-0.39, 0.29) is 24.3 Å². The lowest BCUT2D eigenvalue weighted by atomic mass is 10.1. The zero-order valence-corrected chi connectivity index (χ0v) is 16.7. The SMILES string of the molecule is CCC(=O)Oc1cccc(Br)c1COc1cc(Cl)c(CC)cc1C(F)F. The van der Waals surface area contributed by atoms with Gasteiger partial charge in [-0.1, -0.05) is 47.4 Å². The molecular formula is C19H18BrClF2O3. The van der Waals surface area contributed by atoms with E-state index < -0.39 is 12.4 Å². The van der Waals surface area contributed by atoms with Gasteiger partial charge in [-0.25, -0.2) is 8.78 Å². The molecule has 3 nitrogen and oxygen atoms in total. The second-order valence-corrected chi connectivity index (χ2v) is 6.73. The van der Waals surface area contributed by atoms with Crippen LogP contribution in [0.4, 0.5) is 8.78 Å². The van der Waals surface area contributed by atoms with Crippen LogP contribution < -0.4 is 9.47 Å². The van der Waals surface area contributed by atoms with Crippen molar-refractivity contribution in [3.8, 4) is 11.5 Å². The molecular weight excluding hydrogens is 430 g/mol. The summed E-state index contributed by atoms with van der Waals surface area (Å²) in [7, 11) is 0. The van der Waals surface area contributed by atoms with Crippen LogP contribution in [-0.4, -0.2) is 5.97 Å². The van der Waals surface area contributed by atoms with Gasteiger partial charge in [0.2, 0.25) is 0 Å². The molecule has 0 bridgehead atoms. The van der Waals surface area contributed by atoms with Crippen LogP contribution in [0, 0.1) is 0 Å². The molecule has 0 fully saturated rings. The number of esters is 1. The lowest BCUT2D eigenvalue weighted by Gasteiger charge is -2.16. The van der Waals surface area contributed by atoms with E-state index in [1.165, 1.54) is 12.1 Å². The van der Waals surface area contributed by atoms with Crippen molar-refractivity contribution in [3.05, 3.63) is 56.5 Å². The smallest absolute Gasteiger partial charge is 0.310 e. The lowest BCUT2D eigenvalue weighted by molar-refractivity contribution is -0.134. The molecule has 0 spiro atoms. The zero-order valence-electron chi connectivity index (χ0n) is 14.3. The molecule has 0 N–H and O–H groups in total.